The average molecular weight is 252 g/mol. The SMILES string of the molecule is CCCNCCc1cn(CC(=O)NCCC)cn1. The molecule has 0 aliphatic carbocycles. The smallest absolute Gasteiger partial charge is 0.239 e. The lowest BCUT2D eigenvalue weighted by Crippen LogP contribution is -2.27. The summed E-state index contributed by atoms with van der Waals surface area (Å²) in [6, 6.07) is 0. The maximum atomic E-state index is 11.5. The number of nitrogens with one attached hydrogen (secondary N) is 2. The van der Waals surface area contributed by atoms with E-state index in [9.17, 15) is 4.79 Å². The lowest BCUT2D eigenvalue weighted by molar-refractivity contribution is -0.121. The Bertz CT molecular complexity index is 349. The van der Waals surface area contributed by atoms with Gasteiger partial charge in [0, 0.05) is 25.7 Å². The molecule has 0 bridgehead atoms. The number of aromatic nitrogens is 2. The zero-order chi connectivity index (χ0) is 13.2. The van der Waals surface area contributed by atoms with Gasteiger partial charge in [0.15, 0.2) is 0 Å². The number of carbonyl (C=O) groups is 1. The zero-order valence-corrected chi connectivity index (χ0v) is 11.4. The van der Waals surface area contributed by atoms with Gasteiger partial charge in [-0.25, -0.2) is 4.98 Å². The van der Waals surface area contributed by atoms with E-state index in [2.05, 4.69) is 22.5 Å². The molecule has 0 unspecified atom stereocenters. The van der Waals surface area contributed by atoms with Gasteiger partial charge in [-0.05, 0) is 19.4 Å². The van der Waals surface area contributed by atoms with Crippen LogP contribution in [0.1, 0.15) is 32.4 Å². The first-order valence-electron chi connectivity index (χ1n) is 6.74. The summed E-state index contributed by atoms with van der Waals surface area (Å²) in [4.78, 5) is 15.8. The fourth-order valence-electron chi connectivity index (χ4n) is 1.63. The molecule has 102 valence electrons. The highest BCUT2D eigenvalue weighted by molar-refractivity contribution is 5.75. The van der Waals surface area contributed by atoms with Crippen LogP contribution >= 0.6 is 0 Å². The van der Waals surface area contributed by atoms with Crippen molar-refractivity contribution < 1.29 is 4.79 Å². The van der Waals surface area contributed by atoms with Gasteiger partial charge >= 0.3 is 0 Å². The molecule has 0 radical (unpaired) electrons. The summed E-state index contributed by atoms with van der Waals surface area (Å²) >= 11 is 0. The molecule has 0 atom stereocenters. The summed E-state index contributed by atoms with van der Waals surface area (Å²) in [5.41, 5.74) is 1.03. The van der Waals surface area contributed by atoms with Crippen LogP contribution in [0.25, 0.3) is 0 Å². The molecule has 5 heteroatoms. The van der Waals surface area contributed by atoms with Gasteiger partial charge < -0.3 is 15.2 Å². The van der Waals surface area contributed by atoms with E-state index >= 15 is 0 Å². The quantitative estimate of drug-likeness (QED) is 0.643. The Morgan fingerprint density at radius 3 is 2.78 bits per heavy atom. The van der Waals surface area contributed by atoms with Crippen molar-refractivity contribution in [2.24, 2.45) is 0 Å². The van der Waals surface area contributed by atoms with Crippen molar-refractivity contribution in [3.63, 3.8) is 0 Å². The van der Waals surface area contributed by atoms with Gasteiger partial charge in [0.1, 0.15) is 6.54 Å². The summed E-state index contributed by atoms with van der Waals surface area (Å²) < 4.78 is 1.83. The third-order valence-corrected chi connectivity index (χ3v) is 2.57. The largest absolute Gasteiger partial charge is 0.355 e. The minimum Gasteiger partial charge on any atom is -0.355 e. The first-order valence-corrected chi connectivity index (χ1v) is 6.74. The van der Waals surface area contributed by atoms with Gasteiger partial charge in [0.05, 0.1) is 12.0 Å². The summed E-state index contributed by atoms with van der Waals surface area (Å²) in [6.45, 7) is 7.26. The predicted octanol–water partition coefficient (Wildman–Crippen LogP) is 0.951. The van der Waals surface area contributed by atoms with Crippen molar-refractivity contribution in [1.82, 2.24) is 20.2 Å². The second-order valence-electron chi connectivity index (χ2n) is 4.39. The highest BCUT2D eigenvalue weighted by atomic mass is 16.1. The van der Waals surface area contributed by atoms with Crippen LogP contribution in [-0.2, 0) is 17.8 Å². The normalized spacial score (nSPS) is 10.6. The Labute approximate surface area is 109 Å². The number of rotatable bonds is 9. The Balaban J connectivity index is 2.27. The number of hydrogen-bond donors (Lipinski definition) is 2. The molecular weight excluding hydrogens is 228 g/mol. The van der Waals surface area contributed by atoms with E-state index in [0.29, 0.717) is 6.54 Å². The molecule has 0 saturated heterocycles. The van der Waals surface area contributed by atoms with Gasteiger partial charge in [-0.3, -0.25) is 4.79 Å². The standard InChI is InChI=1S/C13H24N4O/c1-3-6-14-8-5-12-9-17(11-16-12)10-13(18)15-7-4-2/h9,11,14H,3-8,10H2,1-2H3,(H,15,18). The Morgan fingerprint density at radius 1 is 1.28 bits per heavy atom. The molecule has 0 saturated carbocycles. The van der Waals surface area contributed by atoms with Crippen LogP contribution in [0.15, 0.2) is 12.5 Å². The van der Waals surface area contributed by atoms with E-state index in [1.807, 2.05) is 17.7 Å². The van der Waals surface area contributed by atoms with Crippen LogP contribution in [0.4, 0.5) is 0 Å². The summed E-state index contributed by atoms with van der Waals surface area (Å²) in [5.74, 6) is 0.0462. The number of nitrogens with zero attached hydrogens (tertiary/aromatic N) is 2. The van der Waals surface area contributed by atoms with Gasteiger partial charge in [0.2, 0.25) is 5.91 Å². The molecule has 1 aromatic heterocycles. The molecule has 0 aliphatic rings. The molecule has 0 fully saturated rings. The average Bonchev–Trinajstić information content (AvgIpc) is 2.80. The van der Waals surface area contributed by atoms with E-state index < -0.39 is 0 Å². The lowest BCUT2D eigenvalue weighted by atomic mass is 10.3. The molecular formula is C13H24N4O. The maximum absolute atomic E-state index is 11.5. The number of hydrogen-bond acceptors (Lipinski definition) is 3. The Morgan fingerprint density at radius 2 is 2.06 bits per heavy atom. The summed E-state index contributed by atoms with van der Waals surface area (Å²) in [7, 11) is 0. The van der Waals surface area contributed by atoms with Crippen molar-refractivity contribution in [1.29, 1.82) is 0 Å². The van der Waals surface area contributed by atoms with Gasteiger partial charge in [-0.1, -0.05) is 13.8 Å². The molecule has 18 heavy (non-hydrogen) atoms. The van der Waals surface area contributed by atoms with Crippen LogP contribution in [0.5, 0.6) is 0 Å². The fraction of sp³-hybridized carbons (Fsp3) is 0.692. The van der Waals surface area contributed by atoms with Crippen molar-refractivity contribution >= 4 is 5.91 Å². The van der Waals surface area contributed by atoms with Crippen molar-refractivity contribution in [3.05, 3.63) is 18.2 Å². The summed E-state index contributed by atoms with van der Waals surface area (Å²) in [6.07, 6.45) is 6.68. The van der Waals surface area contributed by atoms with E-state index in [-0.39, 0.29) is 5.91 Å². The topological polar surface area (TPSA) is 59.0 Å². The summed E-state index contributed by atoms with van der Waals surface area (Å²) in [5, 5.41) is 6.18. The van der Waals surface area contributed by atoms with Crippen LogP contribution in [0.2, 0.25) is 0 Å². The van der Waals surface area contributed by atoms with Gasteiger partial charge in [0.25, 0.3) is 0 Å². The van der Waals surface area contributed by atoms with Crippen molar-refractivity contribution in [2.75, 3.05) is 19.6 Å². The van der Waals surface area contributed by atoms with Crippen LogP contribution in [0, 0.1) is 0 Å². The van der Waals surface area contributed by atoms with Gasteiger partial charge in [-0.15, -0.1) is 0 Å². The highest BCUT2D eigenvalue weighted by Crippen LogP contribution is 1.97. The second kappa shape index (κ2) is 8.69. The Kier molecular flexibility index (Phi) is 7.10. The molecule has 1 amide bonds. The van der Waals surface area contributed by atoms with Crippen LogP contribution in [-0.4, -0.2) is 35.1 Å². The second-order valence-corrected chi connectivity index (χ2v) is 4.39. The van der Waals surface area contributed by atoms with E-state index in [0.717, 1.165) is 44.6 Å². The third kappa shape index (κ3) is 5.82. The molecule has 5 nitrogen and oxygen atoms in total. The molecule has 1 rings (SSSR count). The lowest BCUT2D eigenvalue weighted by Gasteiger charge is -2.03. The van der Waals surface area contributed by atoms with Crippen LogP contribution < -0.4 is 10.6 Å². The maximum Gasteiger partial charge on any atom is 0.239 e. The monoisotopic (exact) mass is 252 g/mol. The van der Waals surface area contributed by atoms with Gasteiger partial charge in [-0.2, -0.15) is 0 Å². The molecule has 0 spiro atoms. The predicted molar refractivity (Wildman–Crippen MR) is 72.4 cm³/mol. The Hall–Kier alpha value is -1.36. The number of amides is 1. The van der Waals surface area contributed by atoms with Crippen LogP contribution in [0.3, 0.4) is 0 Å². The third-order valence-electron chi connectivity index (χ3n) is 2.57. The molecule has 1 aromatic rings. The molecule has 2 N–H and O–H groups in total. The van der Waals surface area contributed by atoms with E-state index in [4.69, 9.17) is 0 Å². The van der Waals surface area contributed by atoms with Crippen molar-refractivity contribution in [2.45, 2.75) is 39.7 Å². The highest BCUT2D eigenvalue weighted by Gasteiger charge is 2.03. The minimum atomic E-state index is 0.0462. The molecule has 1 heterocycles. The molecule has 0 aromatic carbocycles. The van der Waals surface area contributed by atoms with E-state index in [1.54, 1.807) is 6.33 Å². The zero-order valence-electron chi connectivity index (χ0n) is 11.4. The van der Waals surface area contributed by atoms with Crippen molar-refractivity contribution in [3.8, 4) is 0 Å². The fourth-order valence-corrected chi connectivity index (χ4v) is 1.63. The first-order chi connectivity index (χ1) is 8.76. The minimum absolute atomic E-state index is 0.0462. The number of imidazole rings is 1. The first kappa shape index (κ1) is 14.7. The van der Waals surface area contributed by atoms with E-state index in [1.165, 1.54) is 0 Å². The molecule has 0 aliphatic heterocycles. The number of carbonyl (C=O) groups excluding carboxylic acids is 1.